The van der Waals surface area contributed by atoms with Gasteiger partial charge in [0.25, 0.3) is 0 Å². The average Bonchev–Trinajstić information content (AvgIpc) is 4.11. The molecule has 70 heavy (non-hydrogen) atoms. The Morgan fingerprint density at radius 3 is 1.83 bits per heavy atom. The van der Waals surface area contributed by atoms with Crippen LogP contribution in [0.1, 0.15) is 20.3 Å². The Hall–Kier alpha value is -8.71. The van der Waals surface area contributed by atoms with Crippen molar-refractivity contribution in [1.82, 2.24) is 19.5 Å². The second-order valence-corrected chi connectivity index (χ2v) is 18.9. The molecule has 6 heteroatoms. The van der Waals surface area contributed by atoms with Crippen molar-refractivity contribution in [3.63, 3.8) is 0 Å². The number of nitrogens with zero attached hydrogens (tertiary/aromatic N) is 4. The van der Waals surface area contributed by atoms with Crippen molar-refractivity contribution in [3.05, 3.63) is 218 Å². The predicted octanol–water partition coefficient (Wildman–Crippen LogP) is 18.1. The second-order valence-electron chi connectivity index (χ2n) is 17.8. The molecule has 0 N–H and O–H groups in total. The van der Waals surface area contributed by atoms with Crippen LogP contribution in [0.2, 0.25) is 0 Å². The highest BCUT2D eigenvalue weighted by molar-refractivity contribution is 7.25. The van der Waals surface area contributed by atoms with Crippen LogP contribution in [0.4, 0.5) is 0 Å². The van der Waals surface area contributed by atoms with Crippen LogP contribution in [-0.2, 0) is 0 Å². The van der Waals surface area contributed by atoms with Crippen LogP contribution in [0.15, 0.2) is 223 Å². The zero-order chi connectivity index (χ0) is 46.7. The number of rotatable bonds is 6. The number of para-hydroxylation sites is 2. The minimum Gasteiger partial charge on any atom is -0.456 e. The quantitative estimate of drug-likeness (QED) is 0.167. The fourth-order valence-corrected chi connectivity index (χ4v) is 11.3. The van der Waals surface area contributed by atoms with Crippen LogP contribution in [-0.4, -0.2) is 19.5 Å². The van der Waals surface area contributed by atoms with Gasteiger partial charge in [-0.3, -0.25) is 0 Å². The molecule has 0 amide bonds. The van der Waals surface area contributed by atoms with E-state index >= 15 is 0 Å². The van der Waals surface area contributed by atoms with Gasteiger partial charge in [-0.15, -0.1) is 11.3 Å². The van der Waals surface area contributed by atoms with Gasteiger partial charge in [0.2, 0.25) is 0 Å². The molecule has 0 atom stereocenters. The molecule has 0 saturated carbocycles. The first-order valence-electron chi connectivity index (χ1n) is 23.9. The monoisotopic (exact) mass is 916 g/mol. The molecule has 4 aromatic heterocycles. The van der Waals surface area contributed by atoms with Gasteiger partial charge in [0.05, 0.1) is 11.0 Å². The van der Waals surface area contributed by atoms with E-state index in [1.165, 1.54) is 59.3 Å². The van der Waals surface area contributed by atoms with Crippen molar-refractivity contribution in [3.8, 4) is 62.1 Å². The third kappa shape index (κ3) is 6.95. The van der Waals surface area contributed by atoms with Crippen LogP contribution in [0.3, 0.4) is 0 Å². The fraction of sp³-hybridized carbons (Fsp3) is 0.0469. The van der Waals surface area contributed by atoms with Crippen LogP contribution >= 0.6 is 11.3 Å². The Morgan fingerprint density at radius 1 is 0.400 bits per heavy atom. The first-order chi connectivity index (χ1) is 34.6. The predicted molar refractivity (Wildman–Crippen MR) is 295 cm³/mol. The summed E-state index contributed by atoms with van der Waals surface area (Å²) in [7, 11) is 0. The van der Waals surface area contributed by atoms with Gasteiger partial charge in [0.15, 0.2) is 17.5 Å². The standard InChI is InChI=1S/C61H36N4OS.C3H8/c1-2-15-38(16-3-1)59-62-60(64-61(63-59)42-30-32-48-47-22-6-8-27-52(47)66-53(48)36-42)41-19-11-20-43(35-41)65-51-33-31-37-14-4-5-21-44(37)56(51)50-26-12-25-46(58(50)65)40-18-10-17-39(34-40)45-24-13-29-55-57(45)49-23-7-9-28-54(49)67-55;1-3-2/h1-36H;3H2,1-2H3. The Balaban J connectivity index is 0.00000156. The van der Waals surface area contributed by atoms with E-state index in [1.54, 1.807) is 0 Å². The van der Waals surface area contributed by atoms with Crippen molar-refractivity contribution in [2.75, 3.05) is 0 Å². The molecule has 0 fully saturated rings. The van der Waals surface area contributed by atoms with Gasteiger partial charge in [-0.1, -0.05) is 184 Å². The molecular weight excluding hydrogens is 873 g/mol. The van der Waals surface area contributed by atoms with E-state index < -0.39 is 0 Å². The molecule has 332 valence electrons. The average molecular weight is 917 g/mol. The molecule has 0 aliphatic carbocycles. The van der Waals surface area contributed by atoms with Gasteiger partial charge in [-0.05, 0) is 82.1 Å². The summed E-state index contributed by atoms with van der Waals surface area (Å²) >= 11 is 1.86. The lowest BCUT2D eigenvalue weighted by molar-refractivity contribution is 0.669. The summed E-state index contributed by atoms with van der Waals surface area (Å²) in [6, 6.07) is 77.6. The molecule has 5 nitrogen and oxygen atoms in total. The Bertz CT molecular complexity index is 4310. The Kier molecular flexibility index (Phi) is 10.1. The van der Waals surface area contributed by atoms with Crippen molar-refractivity contribution in [2.45, 2.75) is 20.3 Å². The zero-order valence-corrected chi connectivity index (χ0v) is 39.4. The van der Waals surface area contributed by atoms with Crippen molar-refractivity contribution >= 4 is 86.0 Å². The molecule has 0 radical (unpaired) electrons. The summed E-state index contributed by atoms with van der Waals surface area (Å²) < 4.78 is 11.4. The number of hydrogen-bond acceptors (Lipinski definition) is 5. The van der Waals surface area contributed by atoms with E-state index in [9.17, 15) is 0 Å². The van der Waals surface area contributed by atoms with E-state index in [0.717, 1.165) is 66.5 Å². The van der Waals surface area contributed by atoms with E-state index in [-0.39, 0.29) is 0 Å². The lowest BCUT2D eigenvalue weighted by Crippen LogP contribution is -2.01. The normalized spacial score (nSPS) is 11.6. The van der Waals surface area contributed by atoms with Crippen LogP contribution in [0.5, 0.6) is 0 Å². The molecule has 0 bridgehead atoms. The number of aromatic nitrogens is 4. The topological polar surface area (TPSA) is 56.7 Å². The first kappa shape index (κ1) is 41.5. The van der Waals surface area contributed by atoms with E-state index in [1.807, 2.05) is 65.9 Å². The molecule has 10 aromatic carbocycles. The zero-order valence-electron chi connectivity index (χ0n) is 38.6. The molecular formula is C64H44N4OS. The number of hydrogen-bond donors (Lipinski definition) is 0. The maximum absolute atomic E-state index is 6.32. The molecule has 14 aromatic rings. The highest BCUT2D eigenvalue weighted by Gasteiger charge is 2.21. The Labute approximate surface area is 408 Å². The molecule has 0 unspecified atom stereocenters. The summed E-state index contributed by atoms with van der Waals surface area (Å²) in [5.41, 5.74) is 12.3. The summed E-state index contributed by atoms with van der Waals surface area (Å²) in [5.74, 6) is 1.77. The van der Waals surface area contributed by atoms with Crippen LogP contribution in [0.25, 0.3) is 137 Å². The van der Waals surface area contributed by atoms with E-state index in [0.29, 0.717) is 17.5 Å². The third-order valence-electron chi connectivity index (χ3n) is 13.2. The lowest BCUT2D eigenvalue weighted by atomic mass is 9.95. The van der Waals surface area contributed by atoms with Gasteiger partial charge in [-0.2, -0.15) is 0 Å². The summed E-state index contributed by atoms with van der Waals surface area (Å²) in [4.78, 5) is 15.5. The summed E-state index contributed by atoms with van der Waals surface area (Å²) in [6.45, 7) is 4.25. The van der Waals surface area contributed by atoms with Gasteiger partial charge < -0.3 is 8.98 Å². The lowest BCUT2D eigenvalue weighted by Gasteiger charge is -2.14. The molecule has 0 spiro atoms. The SMILES string of the molecule is CCC.c1ccc(-c2nc(-c3cccc(-n4c5ccc6ccccc6c5c5cccc(-c6cccc(-c7cccc8sc9ccccc9c78)c6)c54)c3)nc(-c3ccc4c(c3)oc3ccccc34)n2)cc1. The third-order valence-corrected chi connectivity index (χ3v) is 14.4. The summed E-state index contributed by atoms with van der Waals surface area (Å²) in [6.07, 6.45) is 1.25. The number of benzene rings is 10. The van der Waals surface area contributed by atoms with Crippen molar-refractivity contribution < 1.29 is 4.42 Å². The number of furan rings is 1. The second kappa shape index (κ2) is 17.1. The minimum atomic E-state index is 0.577. The van der Waals surface area contributed by atoms with Gasteiger partial charge >= 0.3 is 0 Å². The highest BCUT2D eigenvalue weighted by Crippen LogP contribution is 2.44. The number of fused-ring (bicyclic) bond motifs is 11. The minimum absolute atomic E-state index is 0.577. The van der Waals surface area contributed by atoms with Gasteiger partial charge in [0, 0.05) is 69.7 Å². The summed E-state index contributed by atoms with van der Waals surface area (Å²) in [5, 5.41) is 9.59. The van der Waals surface area contributed by atoms with E-state index in [4.69, 9.17) is 19.4 Å². The van der Waals surface area contributed by atoms with E-state index in [2.05, 4.69) is 182 Å². The van der Waals surface area contributed by atoms with Crippen LogP contribution in [0, 0.1) is 0 Å². The maximum atomic E-state index is 6.32. The van der Waals surface area contributed by atoms with Gasteiger partial charge in [-0.25, -0.2) is 15.0 Å². The molecule has 0 aliphatic heterocycles. The van der Waals surface area contributed by atoms with Crippen molar-refractivity contribution in [2.24, 2.45) is 0 Å². The Morgan fingerprint density at radius 2 is 0.986 bits per heavy atom. The molecule has 4 heterocycles. The number of thiophene rings is 1. The van der Waals surface area contributed by atoms with Crippen LogP contribution < -0.4 is 0 Å². The first-order valence-corrected chi connectivity index (χ1v) is 24.7. The van der Waals surface area contributed by atoms with Crippen molar-refractivity contribution in [1.29, 1.82) is 0 Å². The molecule has 0 aliphatic rings. The smallest absolute Gasteiger partial charge is 0.164 e. The molecule has 14 rings (SSSR count). The largest absolute Gasteiger partial charge is 0.456 e. The maximum Gasteiger partial charge on any atom is 0.164 e. The molecule has 0 saturated heterocycles. The fourth-order valence-electron chi connectivity index (χ4n) is 10.2. The van der Waals surface area contributed by atoms with Gasteiger partial charge in [0.1, 0.15) is 11.2 Å². The highest BCUT2D eigenvalue weighted by atomic mass is 32.1.